The normalized spacial score (nSPS) is 35.7. The molecule has 7 rings (SSSR count). The topological polar surface area (TPSA) is 94.9 Å². The van der Waals surface area contributed by atoms with E-state index >= 15 is 0 Å². The molecule has 1 saturated heterocycles. The molecule has 5 aliphatic rings. The van der Waals surface area contributed by atoms with Gasteiger partial charge in [-0.1, -0.05) is 6.07 Å². The zero-order valence-corrected chi connectivity index (χ0v) is 19.2. The molecule has 178 valence electrons. The molecule has 2 bridgehead atoms. The van der Waals surface area contributed by atoms with Gasteiger partial charge in [-0.25, -0.2) is 0 Å². The van der Waals surface area contributed by atoms with Crippen molar-refractivity contribution in [2.45, 2.75) is 74.1 Å². The van der Waals surface area contributed by atoms with Crippen LogP contribution in [0.15, 0.2) is 36.7 Å². The van der Waals surface area contributed by atoms with E-state index in [9.17, 15) is 15.0 Å². The number of hydrogen-bond donors (Lipinski definition) is 3. The van der Waals surface area contributed by atoms with E-state index in [0.29, 0.717) is 24.2 Å². The lowest BCUT2D eigenvalue weighted by Crippen LogP contribution is -2.74. The third kappa shape index (κ3) is 2.71. The summed E-state index contributed by atoms with van der Waals surface area (Å²) >= 11 is 0. The van der Waals surface area contributed by atoms with Crippen LogP contribution in [0.2, 0.25) is 0 Å². The Morgan fingerprint density at radius 2 is 2.00 bits per heavy atom. The molecule has 7 nitrogen and oxygen atoms in total. The Kier molecular flexibility index (Phi) is 4.38. The molecular formula is C27H31N3O4. The lowest BCUT2D eigenvalue weighted by atomic mass is 9.50. The highest BCUT2D eigenvalue weighted by Crippen LogP contribution is 2.65. The number of likely N-dealkylation sites (tertiary alicyclic amines) is 1. The van der Waals surface area contributed by atoms with E-state index in [2.05, 4.69) is 15.2 Å². The van der Waals surface area contributed by atoms with Crippen molar-refractivity contribution < 1.29 is 19.7 Å². The second-order valence-corrected chi connectivity index (χ2v) is 11.0. The molecule has 0 radical (unpaired) electrons. The number of carbonyl (C=O) groups is 1. The summed E-state index contributed by atoms with van der Waals surface area (Å²) in [7, 11) is 0. The van der Waals surface area contributed by atoms with E-state index in [1.807, 2.05) is 6.07 Å². The van der Waals surface area contributed by atoms with Crippen LogP contribution in [0.4, 0.5) is 0 Å². The predicted octanol–water partition coefficient (Wildman–Crippen LogP) is 2.54. The molecule has 3 aliphatic carbocycles. The largest absolute Gasteiger partial charge is 0.504 e. The lowest BCUT2D eigenvalue weighted by molar-refractivity contribution is -0.155. The molecule has 2 aliphatic heterocycles. The summed E-state index contributed by atoms with van der Waals surface area (Å²) in [4.78, 5) is 19.7. The van der Waals surface area contributed by atoms with Gasteiger partial charge in [-0.3, -0.25) is 14.7 Å². The van der Waals surface area contributed by atoms with Gasteiger partial charge in [0.1, 0.15) is 6.10 Å². The highest BCUT2D eigenvalue weighted by atomic mass is 16.5. The lowest BCUT2D eigenvalue weighted by Gasteiger charge is -2.59. The van der Waals surface area contributed by atoms with Gasteiger partial charge in [0.25, 0.3) is 5.91 Å². The molecule has 3 heterocycles. The van der Waals surface area contributed by atoms with E-state index in [1.54, 1.807) is 30.6 Å². The first-order valence-corrected chi connectivity index (χ1v) is 12.7. The Morgan fingerprint density at radius 1 is 1.18 bits per heavy atom. The SMILES string of the molecule is O=C(NC1CCC2(O)C3Cc4ccc(O)c5c4C2(CCCN3CC2CC2)C1O5)c1ccncc1. The van der Waals surface area contributed by atoms with Crippen molar-refractivity contribution in [2.24, 2.45) is 5.92 Å². The fraction of sp³-hybridized carbons (Fsp3) is 0.556. The molecule has 2 saturated carbocycles. The van der Waals surface area contributed by atoms with Crippen molar-refractivity contribution in [3.63, 3.8) is 0 Å². The van der Waals surface area contributed by atoms with Gasteiger partial charge in [0.05, 0.1) is 17.1 Å². The average molecular weight is 462 g/mol. The van der Waals surface area contributed by atoms with Gasteiger partial charge in [0.15, 0.2) is 11.5 Å². The van der Waals surface area contributed by atoms with Gasteiger partial charge < -0.3 is 20.3 Å². The molecule has 5 unspecified atom stereocenters. The number of phenolic OH excluding ortho intramolecular Hbond substituents is 1. The van der Waals surface area contributed by atoms with Gasteiger partial charge in [-0.05, 0) is 81.2 Å². The number of hydrogen-bond acceptors (Lipinski definition) is 6. The van der Waals surface area contributed by atoms with Crippen molar-refractivity contribution in [3.05, 3.63) is 53.3 Å². The second-order valence-electron chi connectivity index (χ2n) is 11.0. The minimum Gasteiger partial charge on any atom is -0.504 e. The minimum atomic E-state index is -0.951. The Bertz CT molecular complexity index is 1150. The van der Waals surface area contributed by atoms with Gasteiger partial charge in [0.2, 0.25) is 0 Å². The summed E-state index contributed by atoms with van der Waals surface area (Å²) in [5, 5.41) is 26.6. The minimum absolute atomic E-state index is 0.0292. The monoisotopic (exact) mass is 461 g/mol. The average Bonchev–Trinajstić information content (AvgIpc) is 3.59. The zero-order valence-electron chi connectivity index (χ0n) is 19.2. The quantitative estimate of drug-likeness (QED) is 0.648. The Labute approximate surface area is 199 Å². The molecule has 2 aromatic rings. The smallest absolute Gasteiger partial charge is 0.251 e. The number of nitrogens with one attached hydrogen (secondary N) is 1. The summed E-state index contributed by atoms with van der Waals surface area (Å²) < 4.78 is 6.55. The van der Waals surface area contributed by atoms with E-state index in [1.165, 1.54) is 18.4 Å². The van der Waals surface area contributed by atoms with Crippen molar-refractivity contribution in [1.29, 1.82) is 0 Å². The molecule has 5 atom stereocenters. The number of aromatic hydroxyl groups is 1. The summed E-state index contributed by atoms with van der Waals surface area (Å²) in [6, 6.07) is 6.94. The first-order valence-electron chi connectivity index (χ1n) is 12.7. The van der Waals surface area contributed by atoms with Crippen LogP contribution in [0.1, 0.15) is 60.0 Å². The van der Waals surface area contributed by atoms with Gasteiger partial charge in [-0.15, -0.1) is 0 Å². The first-order chi connectivity index (χ1) is 16.5. The van der Waals surface area contributed by atoms with Gasteiger partial charge in [0, 0.05) is 36.1 Å². The highest BCUT2D eigenvalue weighted by molar-refractivity contribution is 5.94. The maximum atomic E-state index is 13.1. The fourth-order valence-corrected chi connectivity index (χ4v) is 7.63. The number of nitrogens with zero attached hydrogens (tertiary/aromatic N) is 2. The standard InChI is InChI=1S/C27H31N3O4/c31-20-5-4-18-14-21-27(33)10-6-19(29-25(32)17-7-11-28-12-8-17)24-26(27,22(18)23(20)34-24)9-1-13-30(21)15-16-2-3-16/h4-5,7-8,11-12,16,19,21,24,31,33H,1-3,6,9-10,13-15H2,(H,29,32). The molecule has 1 aromatic heterocycles. The Balaban J connectivity index is 1.33. The van der Waals surface area contributed by atoms with Crippen molar-refractivity contribution in [2.75, 3.05) is 13.1 Å². The summed E-state index contributed by atoms with van der Waals surface area (Å²) in [5.74, 6) is 1.23. The summed E-state index contributed by atoms with van der Waals surface area (Å²) in [6.45, 7) is 2.03. The zero-order chi connectivity index (χ0) is 23.1. The van der Waals surface area contributed by atoms with Crippen LogP contribution in [0.5, 0.6) is 11.5 Å². The number of ether oxygens (including phenoxy) is 1. The van der Waals surface area contributed by atoms with Crippen molar-refractivity contribution >= 4 is 5.91 Å². The number of aliphatic hydroxyl groups is 1. The molecule has 1 spiro atoms. The first kappa shape index (κ1) is 20.7. The maximum absolute atomic E-state index is 13.1. The number of rotatable bonds is 4. The summed E-state index contributed by atoms with van der Waals surface area (Å²) in [6.07, 6.45) is 9.16. The summed E-state index contributed by atoms with van der Waals surface area (Å²) in [5.41, 5.74) is 1.14. The predicted molar refractivity (Wildman–Crippen MR) is 125 cm³/mol. The van der Waals surface area contributed by atoms with E-state index in [4.69, 9.17) is 4.74 Å². The second kappa shape index (κ2) is 7.18. The number of phenols is 1. The number of carbonyl (C=O) groups excluding carboxylic acids is 1. The third-order valence-corrected chi connectivity index (χ3v) is 9.24. The number of amides is 1. The van der Waals surface area contributed by atoms with E-state index in [0.717, 1.165) is 43.8 Å². The highest BCUT2D eigenvalue weighted by Gasteiger charge is 2.72. The molecule has 1 amide bonds. The van der Waals surface area contributed by atoms with Crippen molar-refractivity contribution in [3.8, 4) is 11.5 Å². The number of aromatic nitrogens is 1. The third-order valence-electron chi connectivity index (χ3n) is 9.24. The fourth-order valence-electron chi connectivity index (χ4n) is 7.63. The van der Waals surface area contributed by atoms with Crippen LogP contribution in [0.25, 0.3) is 0 Å². The van der Waals surface area contributed by atoms with Crippen LogP contribution in [-0.4, -0.2) is 62.9 Å². The van der Waals surface area contributed by atoms with Crippen LogP contribution in [0, 0.1) is 5.92 Å². The molecule has 3 N–H and O–H groups in total. The van der Waals surface area contributed by atoms with E-state index in [-0.39, 0.29) is 23.7 Å². The Morgan fingerprint density at radius 3 is 2.79 bits per heavy atom. The molecule has 7 heteroatoms. The maximum Gasteiger partial charge on any atom is 0.251 e. The van der Waals surface area contributed by atoms with Crippen LogP contribution in [-0.2, 0) is 11.8 Å². The molecule has 3 fully saturated rings. The molecule has 1 aromatic carbocycles. The van der Waals surface area contributed by atoms with Crippen LogP contribution in [0.3, 0.4) is 0 Å². The van der Waals surface area contributed by atoms with Gasteiger partial charge >= 0.3 is 0 Å². The molecular weight excluding hydrogens is 430 g/mol. The van der Waals surface area contributed by atoms with Crippen molar-refractivity contribution in [1.82, 2.24) is 15.2 Å². The molecule has 34 heavy (non-hydrogen) atoms. The van der Waals surface area contributed by atoms with E-state index < -0.39 is 17.1 Å². The number of benzene rings is 1. The van der Waals surface area contributed by atoms with Gasteiger partial charge in [-0.2, -0.15) is 0 Å². The van der Waals surface area contributed by atoms with Crippen LogP contribution < -0.4 is 10.1 Å². The number of pyridine rings is 1. The van der Waals surface area contributed by atoms with Crippen LogP contribution >= 0.6 is 0 Å². The Hall–Kier alpha value is -2.64.